The number of hydrogen-bond acceptors (Lipinski definition) is 6. The second-order valence-electron chi connectivity index (χ2n) is 7.52. The summed E-state index contributed by atoms with van der Waals surface area (Å²) in [7, 11) is 0. The van der Waals surface area contributed by atoms with Crippen molar-refractivity contribution in [1.82, 2.24) is 25.2 Å². The zero-order valence-corrected chi connectivity index (χ0v) is 17.0. The monoisotopic (exact) mass is 409 g/mol. The van der Waals surface area contributed by atoms with Crippen LogP contribution in [0, 0.1) is 13.8 Å². The van der Waals surface area contributed by atoms with Crippen LogP contribution in [0.15, 0.2) is 35.1 Å². The van der Waals surface area contributed by atoms with E-state index in [1.165, 1.54) is 0 Å². The number of H-pyrrole nitrogens is 1. The topological polar surface area (TPSA) is 94.2 Å². The molecule has 0 atom stereocenters. The molecule has 0 unspecified atom stereocenters. The molecular formula is C22H26N6O2. The predicted molar refractivity (Wildman–Crippen MR) is 117 cm³/mol. The second-order valence-corrected chi connectivity index (χ2v) is 7.52. The molecule has 2 N–H and O–H groups in total. The van der Waals surface area contributed by atoms with Gasteiger partial charge >= 0.3 is 0 Å². The highest BCUT2D eigenvalue weighted by Crippen LogP contribution is 2.21. The van der Waals surface area contributed by atoms with E-state index in [1.807, 2.05) is 36.5 Å². The number of amides is 1. The van der Waals surface area contributed by atoms with Gasteiger partial charge in [-0.15, -0.1) is 0 Å². The van der Waals surface area contributed by atoms with E-state index in [1.54, 1.807) is 13.0 Å². The number of pyridine rings is 1. The van der Waals surface area contributed by atoms with Crippen molar-refractivity contribution < 1.29 is 8.91 Å². The minimum Gasteiger partial charge on any atom is -0.368 e. The molecule has 0 radical (unpaired) electrons. The fourth-order valence-corrected chi connectivity index (χ4v) is 3.81. The van der Waals surface area contributed by atoms with Gasteiger partial charge in [-0.25, -0.2) is 9.97 Å². The van der Waals surface area contributed by atoms with Gasteiger partial charge in [0.25, 0.3) is 11.5 Å². The van der Waals surface area contributed by atoms with E-state index in [0.717, 1.165) is 55.0 Å². The normalized spacial score (nSPS) is 16.7. The lowest BCUT2D eigenvalue weighted by atomic mass is 10.1. The fourth-order valence-electron chi connectivity index (χ4n) is 3.81. The van der Waals surface area contributed by atoms with E-state index in [0.29, 0.717) is 11.4 Å². The summed E-state index contributed by atoms with van der Waals surface area (Å²) in [6.45, 7) is 5.04. The zero-order valence-electron chi connectivity index (χ0n) is 20.0. The van der Waals surface area contributed by atoms with Crippen molar-refractivity contribution in [3.05, 3.63) is 63.3 Å². The number of aryl methyl sites for hydroxylation is 2. The minimum absolute atomic E-state index is 0.0880. The number of nitrogens with zero attached hydrogens (tertiary/aromatic N) is 4. The molecule has 0 aliphatic carbocycles. The molecule has 3 heterocycles. The standard InChI is InChI=1S/C22H26N6O2/c1-14-20(7-6-18(24-14)22(30)23-3)28-10-8-27(9-11-28)13-16-4-5-17-19(12-16)26-21(29)15(2)25-17/h4-7,12H,8-11,13H2,1-3H3,(H,23,30)(H,26,29)/i3D3. The van der Waals surface area contributed by atoms with Crippen molar-refractivity contribution in [2.45, 2.75) is 20.4 Å². The number of carbonyl (C=O) groups is 1. The van der Waals surface area contributed by atoms with Crippen molar-refractivity contribution in [1.29, 1.82) is 0 Å². The van der Waals surface area contributed by atoms with Crippen LogP contribution in [0.2, 0.25) is 0 Å². The van der Waals surface area contributed by atoms with E-state index < -0.39 is 12.9 Å². The number of nitrogens with one attached hydrogen (secondary N) is 2. The third kappa shape index (κ3) is 4.04. The summed E-state index contributed by atoms with van der Waals surface area (Å²) in [6.07, 6.45) is 0. The van der Waals surface area contributed by atoms with Crippen LogP contribution in [0.5, 0.6) is 0 Å². The number of fused-ring (bicyclic) bond motifs is 1. The van der Waals surface area contributed by atoms with Crippen LogP contribution in [-0.2, 0) is 6.54 Å². The van der Waals surface area contributed by atoms with E-state index in [-0.39, 0.29) is 11.3 Å². The summed E-state index contributed by atoms with van der Waals surface area (Å²) in [5, 5.41) is 1.96. The molecule has 0 spiro atoms. The van der Waals surface area contributed by atoms with Crippen molar-refractivity contribution in [2.24, 2.45) is 0 Å². The number of aromatic amines is 1. The Hall–Kier alpha value is -3.26. The molecular weight excluding hydrogens is 380 g/mol. The largest absolute Gasteiger partial charge is 0.368 e. The highest BCUT2D eigenvalue weighted by molar-refractivity contribution is 5.92. The Morgan fingerprint density at radius 1 is 1.13 bits per heavy atom. The third-order valence-electron chi connectivity index (χ3n) is 5.45. The van der Waals surface area contributed by atoms with Gasteiger partial charge in [0, 0.05) is 43.8 Å². The molecule has 8 nitrogen and oxygen atoms in total. The molecule has 4 rings (SSSR count). The maximum atomic E-state index is 12.1. The first-order chi connectivity index (χ1) is 15.6. The molecule has 1 aliphatic heterocycles. The number of piperazine rings is 1. The number of benzene rings is 1. The summed E-state index contributed by atoms with van der Waals surface area (Å²) in [5.41, 5.74) is 4.63. The predicted octanol–water partition coefficient (Wildman–Crippen LogP) is 1.62. The van der Waals surface area contributed by atoms with Crippen LogP contribution < -0.4 is 15.8 Å². The van der Waals surface area contributed by atoms with Crippen molar-refractivity contribution in [2.75, 3.05) is 38.1 Å². The molecule has 3 aromatic rings. The Labute approximate surface area is 179 Å². The summed E-state index contributed by atoms with van der Waals surface area (Å²) >= 11 is 0. The highest BCUT2D eigenvalue weighted by atomic mass is 16.1. The lowest BCUT2D eigenvalue weighted by Gasteiger charge is -2.36. The van der Waals surface area contributed by atoms with E-state index in [9.17, 15) is 9.59 Å². The summed E-state index contributed by atoms with van der Waals surface area (Å²) in [5.74, 6) is -0.712. The minimum atomic E-state index is -2.54. The Kier molecular flexibility index (Phi) is 4.54. The van der Waals surface area contributed by atoms with Crippen LogP contribution in [-0.4, -0.2) is 58.9 Å². The fraction of sp³-hybridized carbons (Fsp3) is 0.364. The van der Waals surface area contributed by atoms with Gasteiger partial charge in [-0.2, -0.15) is 0 Å². The average molecular weight is 410 g/mol. The number of rotatable bonds is 4. The Balaban J connectivity index is 1.39. The molecule has 30 heavy (non-hydrogen) atoms. The van der Waals surface area contributed by atoms with Gasteiger partial charge in [-0.1, -0.05) is 6.07 Å². The van der Waals surface area contributed by atoms with Crippen LogP contribution in [0.25, 0.3) is 11.0 Å². The first-order valence-corrected chi connectivity index (χ1v) is 9.86. The maximum absolute atomic E-state index is 12.1. The molecule has 1 aliphatic rings. The van der Waals surface area contributed by atoms with Crippen LogP contribution in [0.3, 0.4) is 0 Å². The number of anilines is 1. The number of hydrogen-bond donors (Lipinski definition) is 2. The second kappa shape index (κ2) is 8.23. The van der Waals surface area contributed by atoms with Crippen LogP contribution in [0.1, 0.15) is 31.6 Å². The van der Waals surface area contributed by atoms with E-state index in [4.69, 9.17) is 4.11 Å². The lowest BCUT2D eigenvalue weighted by Crippen LogP contribution is -2.46. The smallest absolute Gasteiger partial charge is 0.269 e. The third-order valence-corrected chi connectivity index (χ3v) is 5.45. The van der Waals surface area contributed by atoms with Gasteiger partial charge in [0.05, 0.1) is 22.4 Å². The molecule has 1 saturated heterocycles. The quantitative estimate of drug-likeness (QED) is 0.680. The Bertz CT molecular complexity index is 1250. The summed E-state index contributed by atoms with van der Waals surface area (Å²) < 4.78 is 21.5. The summed E-state index contributed by atoms with van der Waals surface area (Å²) in [6, 6.07) is 9.33. The Morgan fingerprint density at radius 2 is 1.93 bits per heavy atom. The molecule has 1 aromatic carbocycles. The SMILES string of the molecule is [2H]C([2H])([2H])NC(=O)c1ccc(N2CCN(Cc3ccc4nc(C)c(=O)[nH]c4c3)CC2)c(C)n1. The van der Waals surface area contributed by atoms with Crippen LogP contribution in [0.4, 0.5) is 5.69 Å². The molecule has 0 bridgehead atoms. The summed E-state index contributed by atoms with van der Waals surface area (Å²) in [4.78, 5) is 40.0. The maximum Gasteiger partial charge on any atom is 0.269 e. The molecule has 1 fully saturated rings. The van der Waals surface area contributed by atoms with Gasteiger partial charge in [0.1, 0.15) is 11.4 Å². The lowest BCUT2D eigenvalue weighted by molar-refractivity contribution is 0.0958. The van der Waals surface area contributed by atoms with Gasteiger partial charge in [-0.3, -0.25) is 14.5 Å². The molecule has 156 valence electrons. The zero-order chi connectivity index (χ0) is 23.8. The molecule has 8 heteroatoms. The highest BCUT2D eigenvalue weighted by Gasteiger charge is 2.20. The van der Waals surface area contributed by atoms with Gasteiger partial charge < -0.3 is 15.2 Å². The average Bonchev–Trinajstić information content (AvgIpc) is 2.74. The van der Waals surface area contributed by atoms with Crippen LogP contribution >= 0.6 is 0 Å². The van der Waals surface area contributed by atoms with Crippen molar-refractivity contribution >= 4 is 22.6 Å². The number of aromatic nitrogens is 3. The van der Waals surface area contributed by atoms with Gasteiger partial charge in [-0.05, 0) is 43.7 Å². The van der Waals surface area contributed by atoms with E-state index >= 15 is 0 Å². The Morgan fingerprint density at radius 3 is 2.67 bits per heavy atom. The van der Waals surface area contributed by atoms with Crippen molar-refractivity contribution in [3.8, 4) is 0 Å². The van der Waals surface area contributed by atoms with Crippen molar-refractivity contribution in [3.63, 3.8) is 0 Å². The van der Waals surface area contributed by atoms with E-state index in [2.05, 4.69) is 24.8 Å². The molecule has 1 amide bonds. The van der Waals surface area contributed by atoms with Gasteiger partial charge in [0.2, 0.25) is 0 Å². The first-order valence-electron chi connectivity index (χ1n) is 11.4. The molecule has 2 aromatic heterocycles. The number of carbonyl (C=O) groups excluding carboxylic acids is 1. The molecule has 0 saturated carbocycles. The first kappa shape index (κ1) is 16.5. The van der Waals surface area contributed by atoms with Gasteiger partial charge in [0.15, 0.2) is 0 Å².